The van der Waals surface area contributed by atoms with Crippen LogP contribution in [-0.4, -0.2) is 33.2 Å². The summed E-state index contributed by atoms with van der Waals surface area (Å²) in [4.78, 5) is 16.2. The topological polar surface area (TPSA) is 82.7 Å². The van der Waals surface area contributed by atoms with Crippen LogP contribution in [0, 0.1) is 0 Å². The molecule has 0 aliphatic carbocycles. The van der Waals surface area contributed by atoms with Crippen LogP contribution >= 0.6 is 0 Å². The van der Waals surface area contributed by atoms with Gasteiger partial charge in [-0.1, -0.05) is 13.3 Å². The van der Waals surface area contributed by atoms with Crippen molar-refractivity contribution in [1.82, 2.24) is 25.8 Å². The van der Waals surface area contributed by atoms with E-state index < -0.39 is 0 Å². The maximum absolute atomic E-state index is 12.2. The quantitative estimate of drug-likeness (QED) is 0.690. The Morgan fingerprint density at radius 1 is 1.65 bits per heavy atom. The molecular weight excluding hydrogens is 218 g/mol. The van der Waals surface area contributed by atoms with Gasteiger partial charge in [0.1, 0.15) is 12.2 Å². The van der Waals surface area contributed by atoms with E-state index in [0.717, 1.165) is 32.2 Å². The zero-order valence-electron chi connectivity index (χ0n) is 10.1. The first kappa shape index (κ1) is 12.0. The van der Waals surface area contributed by atoms with Gasteiger partial charge in [0.05, 0.1) is 12.1 Å². The molecule has 0 spiro atoms. The average Bonchev–Trinajstić information content (AvgIpc) is 2.97. The minimum Gasteiger partial charge on any atom is -0.347 e. The number of carbonyl (C=O) groups is 1. The molecule has 1 aromatic heterocycles. The van der Waals surface area contributed by atoms with E-state index in [0.29, 0.717) is 12.4 Å². The van der Waals surface area contributed by atoms with Gasteiger partial charge in [-0.05, 0) is 25.8 Å². The van der Waals surface area contributed by atoms with Crippen molar-refractivity contribution in [1.29, 1.82) is 0 Å². The Labute approximate surface area is 101 Å². The van der Waals surface area contributed by atoms with Crippen molar-refractivity contribution in [3.63, 3.8) is 0 Å². The van der Waals surface area contributed by atoms with Crippen molar-refractivity contribution in [2.75, 3.05) is 6.54 Å². The fourth-order valence-electron chi connectivity index (χ4n) is 2.40. The van der Waals surface area contributed by atoms with E-state index in [1.54, 1.807) is 0 Å². The monoisotopic (exact) mass is 237 g/mol. The van der Waals surface area contributed by atoms with Gasteiger partial charge in [-0.2, -0.15) is 5.10 Å². The van der Waals surface area contributed by atoms with Crippen LogP contribution in [0.25, 0.3) is 0 Å². The molecule has 1 aliphatic heterocycles. The second-order valence-corrected chi connectivity index (χ2v) is 4.48. The summed E-state index contributed by atoms with van der Waals surface area (Å²) >= 11 is 0. The molecule has 0 bridgehead atoms. The SMILES string of the molecule is CCCC1(C(=O)NCc2ncn[nH]2)CCCN1. The van der Waals surface area contributed by atoms with Gasteiger partial charge in [-0.25, -0.2) is 4.98 Å². The smallest absolute Gasteiger partial charge is 0.240 e. The Hall–Kier alpha value is -1.43. The van der Waals surface area contributed by atoms with Crippen molar-refractivity contribution in [2.45, 2.75) is 44.7 Å². The molecule has 94 valence electrons. The fraction of sp³-hybridized carbons (Fsp3) is 0.727. The van der Waals surface area contributed by atoms with E-state index in [2.05, 4.69) is 32.7 Å². The van der Waals surface area contributed by atoms with Crippen LogP contribution in [0.1, 0.15) is 38.4 Å². The maximum atomic E-state index is 12.2. The van der Waals surface area contributed by atoms with Crippen molar-refractivity contribution in [3.05, 3.63) is 12.2 Å². The second-order valence-electron chi connectivity index (χ2n) is 4.48. The van der Waals surface area contributed by atoms with Crippen molar-refractivity contribution < 1.29 is 4.79 Å². The molecule has 3 N–H and O–H groups in total. The number of nitrogens with zero attached hydrogens (tertiary/aromatic N) is 2. The summed E-state index contributed by atoms with van der Waals surface area (Å²) in [6, 6.07) is 0. The first-order valence-corrected chi connectivity index (χ1v) is 6.14. The van der Waals surface area contributed by atoms with Crippen molar-refractivity contribution >= 4 is 5.91 Å². The van der Waals surface area contributed by atoms with Crippen LogP contribution in [-0.2, 0) is 11.3 Å². The van der Waals surface area contributed by atoms with Crippen LogP contribution < -0.4 is 10.6 Å². The molecule has 2 heterocycles. The molecule has 1 amide bonds. The summed E-state index contributed by atoms with van der Waals surface area (Å²) in [5.74, 6) is 0.760. The standard InChI is InChI=1S/C11H19N5O/c1-2-4-11(5-3-6-14-11)10(17)12-7-9-13-8-15-16-9/h8,14H,2-7H2,1H3,(H,12,17)(H,13,15,16). The molecule has 0 saturated carbocycles. The fourth-order valence-corrected chi connectivity index (χ4v) is 2.40. The number of nitrogens with one attached hydrogen (secondary N) is 3. The molecule has 17 heavy (non-hydrogen) atoms. The molecule has 1 unspecified atom stereocenters. The Morgan fingerprint density at radius 3 is 3.12 bits per heavy atom. The van der Waals surface area contributed by atoms with Crippen LogP contribution in [0.2, 0.25) is 0 Å². The number of carbonyl (C=O) groups excluding carboxylic acids is 1. The van der Waals surface area contributed by atoms with Crippen LogP contribution in [0.3, 0.4) is 0 Å². The van der Waals surface area contributed by atoms with Crippen LogP contribution in [0.4, 0.5) is 0 Å². The first-order valence-electron chi connectivity index (χ1n) is 6.14. The van der Waals surface area contributed by atoms with Gasteiger partial charge in [0, 0.05) is 0 Å². The molecule has 1 saturated heterocycles. The van der Waals surface area contributed by atoms with Gasteiger partial charge >= 0.3 is 0 Å². The number of H-pyrrole nitrogens is 1. The summed E-state index contributed by atoms with van der Waals surface area (Å²) in [7, 11) is 0. The number of amides is 1. The van der Waals surface area contributed by atoms with E-state index in [9.17, 15) is 4.79 Å². The van der Waals surface area contributed by atoms with Crippen molar-refractivity contribution in [2.24, 2.45) is 0 Å². The molecule has 0 aromatic carbocycles. The summed E-state index contributed by atoms with van der Waals surface area (Å²) in [5, 5.41) is 12.7. The van der Waals surface area contributed by atoms with Crippen LogP contribution in [0.15, 0.2) is 6.33 Å². The highest BCUT2D eigenvalue weighted by Crippen LogP contribution is 2.24. The van der Waals surface area contributed by atoms with E-state index in [1.165, 1.54) is 6.33 Å². The predicted molar refractivity (Wildman–Crippen MR) is 63.1 cm³/mol. The number of aromatic amines is 1. The van der Waals surface area contributed by atoms with E-state index in [-0.39, 0.29) is 11.4 Å². The predicted octanol–water partition coefficient (Wildman–Crippen LogP) is 0.343. The summed E-state index contributed by atoms with van der Waals surface area (Å²) < 4.78 is 0. The zero-order chi connectivity index (χ0) is 12.1. The van der Waals surface area contributed by atoms with Crippen LogP contribution in [0.5, 0.6) is 0 Å². The second kappa shape index (κ2) is 5.27. The molecule has 6 nitrogen and oxygen atoms in total. The summed E-state index contributed by atoms with van der Waals surface area (Å²) in [5.41, 5.74) is -0.366. The van der Waals surface area contributed by atoms with E-state index in [1.807, 2.05) is 0 Å². The van der Waals surface area contributed by atoms with Gasteiger partial charge < -0.3 is 10.6 Å². The zero-order valence-corrected chi connectivity index (χ0v) is 10.1. The molecule has 6 heteroatoms. The van der Waals surface area contributed by atoms with Gasteiger partial charge in [-0.3, -0.25) is 9.89 Å². The molecule has 1 aromatic rings. The minimum absolute atomic E-state index is 0.0771. The third kappa shape index (κ3) is 2.63. The van der Waals surface area contributed by atoms with E-state index >= 15 is 0 Å². The normalized spacial score (nSPS) is 23.8. The summed E-state index contributed by atoms with van der Waals surface area (Å²) in [6.07, 6.45) is 5.31. The number of rotatable bonds is 5. The molecule has 0 radical (unpaired) electrons. The van der Waals surface area contributed by atoms with Gasteiger partial charge in [0.15, 0.2) is 0 Å². The Balaban J connectivity index is 1.92. The molecule has 1 atom stereocenters. The number of hydrogen-bond donors (Lipinski definition) is 3. The van der Waals surface area contributed by atoms with Crippen molar-refractivity contribution in [3.8, 4) is 0 Å². The molecule has 2 rings (SSSR count). The highest BCUT2D eigenvalue weighted by molar-refractivity contribution is 5.86. The third-order valence-corrected chi connectivity index (χ3v) is 3.24. The first-order chi connectivity index (χ1) is 8.27. The highest BCUT2D eigenvalue weighted by atomic mass is 16.2. The Morgan fingerprint density at radius 2 is 2.53 bits per heavy atom. The molecular formula is C11H19N5O. The van der Waals surface area contributed by atoms with Gasteiger partial charge in [0.25, 0.3) is 0 Å². The third-order valence-electron chi connectivity index (χ3n) is 3.24. The lowest BCUT2D eigenvalue weighted by molar-refractivity contribution is -0.127. The Kier molecular flexibility index (Phi) is 3.73. The number of aromatic nitrogens is 3. The Bertz CT molecular complexity index is 356. The van der Waals surface area contributed by atoms with Gasteiger partial charge in [-0.15, -0.1) is 0 Å². The summed E-state index contributed by atoms with van der Waals surface area (Å²) in [6.45, 7) is 3.44. The lowest BCUT2D eigenvalue weighted by Crippen LogP contribution is -2.53. The highest BCUT2D eigenvalue weighted by Gasteiger charge is 2.39. The molecule has 1 fully saturated rings. The lowest BCUT2D eigenvalue weighted by atomic mass is 9.91. The average molecular weight is 237 g/mol. The maximum Gasteiger partial charge on any atom is 0.240 e. The van der Waals surface area contributed by atoms with Gasteiger partial charge in [0.2, 0.25) is 5.91 Å². The molecule has 1 aliphatic rings. The number of hydrogen-bond acceptors (Lipinski definition) is 4. The lowest BCUT2D eigenvalue weighted by Gasteiger charge is -2.27. The minimum atomic E-state index is -0.366. The largest absolute Gasteiger partial charge is 0.347 e. The van der Waals surface area contributed by atoms with E-state index in [4.69, 9.17) is 0 Å².